The van der Waals surface area contributed by atoms with E-state index in [9.17, 15) is 9.59 Å². The van der Waals surface area contributed by atoms with Gasteiger partial charge in [-0.1, -0.05) is 23.8 Å². The minimum absolute atomic E-state index is 0.270. The van der Waals surface area contributed by atoms with E-state index in [1.54, 1.807) is 13.0 Å². The minimum Gasteiger partial charge on any atom is -0.449 e. The Morgan fingerprint density at radius 1 is 1.33 bits per heavy atom. The van der Waals surface area contributed by atoms with Gasteiger partial charge >= 0.3 is 5.97 Å². The monoisotopic (exact) mass is 384 g/mol. The molecule has 1 amide bonds. The molecule has 6 heteroatoms. The van der Waals surface area contributed by atoms with E-state index in [-0.39, 0.29) is 5.91 Å². The van der Waals surface area contributed by atoms with Crippen LogP contribution in [-0.4, -0.2) is 29.5 Å². The van der Waals surface area contributed by atoms with Crippen molar-refractivity contribution in [2.24, 2.45) is 0 Å². The van der Waals surface area contributed by atoms with Gasteiger partial charge in [-0.25, -0.2) is 9.78 Å². The molecule has 1 aromatic heterocycles. The fraction of sp³-hybridized carbons (Fsp3) is 0.381. The van der Waals surface area contributed by atoms with Crippen LogP contribution in [0.1, 0.15) is 44.0 Å². The van der Waals surface area contributed by atoms with Gasteiger partial charge in [0.05, 0.1) is 10.2 Å². The molecule has 0 aliphatic heterocycles. The number of para-hydroxylation sites is 1. The van der Waals surface area contributed by atoms with Crippen molar-refractivity contribution >= 4 is 39.5 Å². The first-order valence-corrected chi connectivity index (χ1v) is 10.1. The number of hydrogen-bond donors (Lipinski definition) is 1. The molecule has 0 fully saturated rings. The number of hydrogen-bond acceptors (Lipinski definition) is 5. The number of nitrogens with zero attached hydrogens (tertiary/aromatic N) is 1. The minimum atomic E-state index is -0.821. The summed E-state index contributed by atoms with van der Waals surface area (Å²) in [7, 11) is 0. The first-order valence-electron chi connectivity index (χ1n) is 9.32. The van der Waals surface area contributed by atoms with E-state index in [2.05, 4.69) is 16.4 Å². The third-order valence-corrected chi connectivity index (χ3v) is 5.47. The van der Waals surface area contributed by atoms with Crippen LogP contribution in [0.25, 0.3) is 16.3 Å². The summed E-state index contributed by atoms with van der Waals surface area (Å²) in [5, 5.41) is 3.56. The molecule has 2 aromatic rings. The van der Waals surface area contributed by atoms with Gasteiger partial charge in [0, 0.05) is 12.6 Å². The Bertz CT molecular complexity index is 836. The lowest BCUT2D eigenvalue weighted by molar-refractivity contribution is -0.150. The third kappa shape index (κ3) is 5.76. The fourth-order valence-corrected chi connectivity index (χ4v) is 3.86. The summed E-state index contributed by atoms with van der Waals surface area (Å²) in [4.78, 5) is 28.4. The SMILES string of the molecule is C[C@@H](OC(=O)/C=C/c1nc2ccccc2s1)C(=O)NCCC1=CCCCC1. The summed E-state index contributed by atoms with van der Waals surface area (Å²) in [6.07, 6.45) is 9.99. The van der Waals surface area contributed by atoms with Crippen molar-refractivity contribution in [2.45, 2.75) is 45.1 Å². The molecule has 1 aliphatic rings. The molecule has 142 valence electrons. The van der Waals surface area contributed by atoms with Crippen molar-refractivity contribution in [3.8, 4) is 0 Å². The number of benzene rings is 1. The first kappa shape index (κ1) is 19.3. The lowest BCUT2D eigenvalue weighted by atomic mass is 9.97. The fourth-order valence-electron chi connectivity index (χ4n) is 2.99. The van der Waals surface area contributed by atoms with Gasteiger partial charge in [-0.3, -0.25) is 4.79 Å². The van der Waals surface area contributed by atoms with Crippen molar-refractivity contribution in [3.63, 3.8) is 0 Å². The Morgan fingerprint density at radius 2 is 2.19 bits per heavy atom. The maximum atomic E-state index is 12.1. The zero-order valence-corrected chi connectivity index (χ0v) is 16.3. The maximum absolute atomic E-state index is 12.1. The van der Waals surface area contributed by atoms with Crippen LogP contribution in [0.2, 0.25) is 0 Å². The number of nitrogens with one attached hydrogen (secondary N) is 1. The highest BCUT2D eigenvalue weighted by molar-refractivity contribution is 7.19. The summed E-state index contributed by atoms with van der Waals surface area (Å²) in [5.74, 6) is -0.819. The van der Waals surface area contributed by atoms with Crippen LogP contribution in [0.3, 0.4) is 0 Å². The molecular formula is C21H24N2O3S. The number of carbonyl (C=O) groups excluding carboxylic acids is 2. The van der Waals surface area contributed by atoms with Crippen LogP contribution >= 0.6 is 11.3 Å². The Hall–Kier alpha value is -2.47. The van der Waals surface area contributed by atoms with Gasteiger partial charge in [0.15, 0.2) is 6.10 Å². The Morgan fingerprint density at radius 3 is 2.96 bits per heavy atom. The predicted octanol–water partition coefficient (Wildman–Crippen LogP) is 4.25. The summed E-state index contributed by atoms with van der Waals surface area (Å²) < 4.78 is 6.24. The Kier molecular flexibility index (Phi) is 6.76. The lowest BCUT2D eigenvalue weighted by Gasteiger charge is -2.15. The van der Waals surface area contributed by atoms with Crippen molar-refractivity contribution in [3.05, 3.63) is 47.0 Å². The summed E-state index contributed by atoms with van der Waals surface area (Å²) >= 11 is 1.50. The van der Waals surface area contributed by atoms with Crippen LogP contribution in [0.5, 0.6) is 0 Å². The normalized spacial score (nSPS) is 15.5. The number of amides is 1. The van der Waals surface area contributed by atoms with Crippen LogP contribution in [0, 0.1) is 0 Å². The Balaban J connectivity index is 1.43. The maximum Gasteiger partial charge on any atom is 0.331 e. The average molecular weight is 385 g/mol. The largest absolute Gasteiger partial charge is 0.449 e. The second-order valence-electron chi connectivity index (χ2n) is 6.58. The molecule has 0 radical (unpaired) electrons. The zero-order chi connectivity index (χ0) is 19.1. The molecule has 0 saturated heterocycles. The van der Waals surface area contributed by atoms with Crippen LogP contribution in [0.15, 0.2) is 42.0 Å². The molecule has 1 atom stereocenters. The predicted molar refractivity (Wildman–Crippen MR) is 108 cm³/mol. The van der Waals surface area contributed by atoms with Crippen LogP contribution in [-0.2, 0) is 14.3 Å². The smallest absolute Gasteiger partial charge is 0.331 e. The quantitative estimate of drug-likeness (QED) is 0.440. The van der Waals surface area contributed by atoms with Crippen molar-refractivity contribution in [1.29, 1.82) is 0 Å². The molecule has 1 aliphatic carbocycles. The van der Waals surface area contributed by atoms with Gasteiger partial charge in [0.25, 0.3) is 5.91 Å². The lowest BCUT2D eigenvalue weighted by Crippen LogP contribution is -2.36. The molecule has 1 aromatic carbocycles. The molecule has 0 saturated carbocycles. The van der Waals surface area contributed by atoms with Crippen LogP contribution < -0.4 is 5.32 Å². The van der Waals surface area contributed by atoms with E-state index in [0.29, 0.717) is 6.54 Å². The van der Waals surface area contributed by atoms with Crippen molar-refractivity contribution in [2.75, 3.05) is 6.54 Å². The van der Waals surface area contributed by atoms with Crippen molar-refractivity contribution < 1.29 is 14.3 Å². The number of rotatable bonds is 7. The zero-order valence-electron chi connectivity index (χ0n) is 15.4. The van der Waals surface area contributed by atoms with Gasteiger partial charge in [0.1, 0.15) is 5.01 Å². The van der Waals surface area contributed by atoms with E-state index < -0.39 is 12.1 Å². The van der Waals surface area contributed by atoms with Gasteiger partial charge in [0.2, 0.25) is 0 Å². The Labute approximate surface area is 163 Å². The van der Waals surface area contributed by atoms with E-state index in [0.717, 1.165) is 34.5 Å². The number of aromatic nitrogens is 1. The standard InChI is InChI=1S/C21H24N2O3S/c1-15(21(25)22-14-13-16-7-3-2-4-8-16)26-20(24)12-11-19-23-17-9-5-6-10-18(17)27-19/h5-7,9-12,15H,2-4,8,13-14H2,1H3,(H,22,25)/b12-11+/t15-/m1/s1. The number of esters is 1. The van der Waals surface area contributed by atoms with E-state index >= 15 is 0 Å². The number of ether oxygens (including phenoxy) is 1. The van der Waals surface area contributed by atoms with E-state index in [1.807, 2.05) is 24.3 Å². The molecule has 27 heavy (non-hydrogen) atoms. The average Bonchev–Trinajstić information content (AvgIpc) is 3.10. The molecule has 5 nitrogen and oxygen atoms in total. The molecule has 0 unspecified atom stereocenters. The molecular weight excluding hydrogens is 360 g/mol. The third-order valence-electron chi connectivity index (χ3n) is 4.46. The number of thiazole rings is 1. The van der Waals surface area contributed by atoms with Gasteiger partial charge in [-0.2, -0.15) is 0 Å². The van der Waals surface area contributed by atoms with Gasteiger partial charge in [-0.05, 0) is 57.2 Å². The highest BCUT2D eigenvalue weighted by atomic mass is 32.1. The molecule has 1 heterocycles. The summed E-state index contributed by atoms with van der Waals surface area (Å²) in [6.45, 7) is 2.16. The molecule has 0 spiro atoms. The summed E-state index contributed by atoms with van der Waals surface area (Å²) in [6, 6.07) is 7.79. The second-order valence-corrected chi connectivity index (χ2v) is 7.64. The van der Waals surface area contributed by atoms with Crippen LogP contribution in [0.4, 0.5) is 0 Å². The molecule has 1 N–H and O–H groups in total. The van der Waals surface area contributed by atoms with E-state index in [4.69, 9.17) is 4.74 Å². The topological polar surface area (TPSA) is 68.3 Å². The van der Waals surface area contributed by atoms with Gasteiger partial charge < -0.3 is 10.1 Å². The van der Waals surface area contributed by atoms with Gasteiger partial charge in [-0.15, -0.1) is 11.3 Å². The second kappa shape index (κ2) is 9.46. The number of allylic oxidation sites excluding steroid dienone is 1. The molecule has 3 rings (SSSR count). The van der Waals surface area contributed by atoms with Crippen molar-refractivity contribution in [1.82, 2.24) is 10.3 Å². The number of fused-ring (bicyclic) bond motifs is 1. The summed E-state index contributed by atoms with van der Waals surface area (Å²) in [5.41, 5.74) is 2.31. The highest BCUT2D eigenvalue weighted by Gasteiger charge is 2.16. The molecule has 0 bridgehead atoms. The highest BCUT2D eigenvalue weighted by Crippen LogP contribution is 2.22. The van der Waals surface area contributed by atoms with E-state index in [1.165, 1.54) is 35.8 Å². The first-order chi connectivity index (χ1) is 13.1. The number of carbonyl (C=O) groups is 2.